The summed E-state index contributed by atoms with van der Waals surface area (Å²) in [6.07, 6.45) is 8.92. The van der Waals surface area contributed by atoms with E-state index in [0.29, 0.717) is 19.3 Å². The Balaban J connectivity index is 1.66. The SMILES string of the molecule is COC(=O)CCCC1=CC=CC2C1O[C@H]1C[C@@H](OC(C)=O)C(C=O)[C@@H]21. The van der Waals surface area contributed by atoms with Gasteiger partial charge in [0.05, 0.1) is 25.2 Å². The normalized spacial score (nSPS) is 35.5. The summed E-state index contributed by atoms with van der Waals surface area (Å²) in [5.41, 5.74) is 1.15. The van der Waals surface area contributed by atoms with Crippen molar-refractivity contribution in [2.75, 3.05) is 7.11 Å². The van der Waals surface area contributed by atoms with Gasteiger partial charge in [-0.2, -0.15) is 0 Å². The van der Waals surface area contributed by atoms with Gasteiger partial charge >= 0.3 is 11.9 Å². The molecule has 2 fully saturated rings. The molecule has 0 spiro atoms. The van der Waals surface area contributed by atoms with Gasteiger partial charge in [-0.1, -0.05) is 18.2 Å². The first-order valence-electron chi connectivity index (χ1n) is 8.77. The molecule has 1 saturated carbocycles. The number of fused-ring (bicyclic) bond motifs is 3. The Morgan fingerprint density at radius 2 is 2.20 bits per heavy atom. The van der Waals surface area contributed by atoms with Gasteiger partial charge in [0.25, 0.3) is 0 Å². The monoisotopic (exact) mass is 348 g/mol. The number of rotatable bonds is 6. The highest BCUT2D eigenvalue weighted by Crippen LogP contribution is 2.50. The predicted molar refractivity (Wildman–Crippen MR) is 88.5 cm³/mol. The van der Waals surface area contributed by atoms with Crippen LogP contribution in [0, 0.1) is 17.8 Å². The van der Waals surface area contributed by atoms with Crippen LogP contribution in [0.15, 0.2) is 23.8 Å². The van der Waals surface area contributed by atoms with Gasteiger partial charge in [-0.25, -0.2) is 0 Å². The molecule has 1 heterocycles. The van der Waals surface area contributed by atoms with Crippen molar-refractivity contribution in [3.63, 3.8) is 0 Å². The smallest absolute Gasteiger partial charge is 0.305 e. The molecule has 136 valence electrons. The maximum atomic E-state index is 11.6. The van der Waals surface area contributed by atoms with Gasteiger partial charge in [-0.05, 0) is 18.4 Å². The Kier molecular flexibility index (Phi) is 5.37. The molecule has 0 N–H and O–H groups in total. The summed E-state index contributed by atoms with van der Waals surface area (Å²) in [6.45, 7) is 1.36. The molecule has 0 aromatic carbocycles. The Morgan fingerprint density at radius 3 is 2.88 bits per heavy atom. The molecule has 2 aliphatic carbocycles. The van der Waals surface area contributed by atoms with Gasteiger partial charge in [0.2, 0.25) is 0 Å². The quantitative estimate of drug-likeness (QED) is 0.539. The number of ether oxygens (including phenoxy) is 3. The molecule has 6 nitrogen and oxygen atoms in total. The molecule has 0 aromatic rings. The van der Waals surface area contributed by atoms with Crippen LogP contribution in [0.2, 0.25) is 0 Å². The molecule has 1 saturated heterocycles. The zero-order chi connectivity index (χ0) is 18.0. The summed E-state index contributed by atoms with van der Waals surface area (Å²) < 4.78 is 16.2. The Morgan fingerprint density at radius 1 is 1.40 bits per heavy atom. The number of esters is 2. The first-order chi connectivity index (χ1) is 12.0. The fraction of sp³-hybridized carbons (Fsp3) is 0.632. The van der Waals surface area contributed by atoms with Gasteiger partial charge in [-0.3, -0.25) is 9.59 Å². The van der Waals surface area contributed by atoms with Crippen molar-refractivity contribution >= 4 is 18.2 Å². The third-order valence-electron chi connectivity index (χ3n) is 5.44. The van der Waals surface area contributed by atoms with E-state index < -0.39 is 6.10 Å². The summed E-state index contributed by atoms with van der Waals surface area (Å²) in [5, 5.41) is 0. The van der Waals surface area contributed by atoms with Crippen LogP contribution in [-0.4, -0.2) is 43.6 Å². The fourth-order valence-corrected chi connectivity index (χ4v) is 4.42. The molecule has 0 amide bonds. The van der Waals surface area contributed by atoms with Gasteiger partial charge in [0.15, 0.2) is 0 Å². The largest absolute Gasteiger partial charge is 0.469 e. The van der Waals surface area contributed by atoms with Gasteiger partial charge in [0.1, 0.15) is 12.4 Å². The third-order valence-corrected chi connectivity index (χ3v) is 5.44. The molecule has 3 rings (SSSR count). The van der Waals surface area contributed by atoms with E-state index in [4.69, 9.17) is 9.47 Å². The van der Waals surface area contributed by atoms with Crippen LogP contribution in [-0.2, 0) is 28.6 Å². The van der Waals surface area contributed by atoms with Crippen LogP contribution >= 0.6 is 0 Å². The molecule has 6 atom stereocenters. The standard InChI is InChI=1S/C19H24O6/c1-11(21)24-15-9-16-18(14(15)10-20)13-7-3-5-12(19(13)25-16)6-4-8-17(22)23-2/h3,5,7,10,13-16,18-19H,4,6,8-9H2,1-2H3/t13?,14?,15-,16+,18-,19?/m1/s1. The van der Waals surface area contributed by atoms with Crippen molar-refractivity contribution in [1.82, 2.24) is 0 Å². The van der Waals surface area contributed by atoms with E-state index in [-0.39, 0.29) is 41.9 Å². The first kappa shape index (κ1) is 17.9. The maximum absolute atomic E-state index is 11.6. The second-order valence-corrected chi connectivity index (χ2v) is 6.90. The number of hydrogen-bond donors (Lipinski definition) is 0. The topological polar surface area (TPSA) is 78.9 Å². The fourth-order valence-electron chi connectivity index (χ4n) is 4.42. The zero-order valence-electron chi connectivity index (χ0n) is 14.6. The van der Waals surface area contributed by atoms with E-state index >= 15 is 0 Å². The summed E-state index contributed by atoms with van der Waals surface area (Å²) in [4.78, 5) is 34.2. The van der Waals surface area contributed by atoms with Crippen LogP contribution in [0.5, 0.6) is 0 Å². The Labute approximate surface area is 147 Å². The average Bonchev–Trinajstić information content (AvgIpc) is 3.09. The number of carbonyl (C=O) groups is 3. The lowest BCUT2D eigenvalue weighted by Crippen LogP contribution is -2.32. The van der Waals surface area contributed by atoms with E-state index in [2.05, 4.69) is 10.8 Å². The van der Waals surface area contributed by atoms with Crippen LogP contribution in [0.3, 0.4) is 0 Å². The van der Waals surface area contributed by atoms with E-state index in [1.807, 2.05) is 12.2 Å². The van der Waals surface area contributed by atoms with E-state index in [1.54, 1.807) is 0 Å². The lowest BCUT2D eigenvalue weighted by atomic mass is 9.77. The molecule has 1 aliphatic heterocycles. The molecule has 0 bridgehead atoms. The summed E-state index contributed by atoms with van der Waals surface area (Å²) in [6, 6.07) is 0. The van der Waals surface area contributed by atoms with Crippen molar-refractivity contribution in [2.24, 2.45) is 17.8 Å². The van der Waals surface area contributed by atoms with Crippen molar-refractivity contribution in [3.05, 3.63) is 23.8 Å². The number of methoxy groups -OCH3 is 1. The number of hydrogen-bond acceptors (Lipinski definition) is 6. The lowest BCUT2D eigenvalue weighted by Gasteiger charge is -2.28. The third kappa shape index (κ3) is 3.54. The van der Waals surface area contributed by atoms with E-state index in [1.165, 1.54) is 14.0 Å². The van der Waals surface area contributed by atoms with Gasteiger partial charge in [0, 0.05) is 31.6 Å². The van der Waals surface area contributed by atoms with Crippen LogP contribution < -0.4 is 0 Å². The minimum Gasteiger partial charge on any atom is -0.469 e. The summed E-state index contributed by atoms with van der Waals surface area (Å²) in [7, 11) is 1.39. The van der Waals surface area contributed by atoms with Gasteiger partial charge in [-0.15, -0.1) is 0 Å². The average molecular weight is 348 g/mol. The molecular formula is C19H24O6. The second kappa shape index (κ2) is 7.52. The molecule has 25 heavy (non-hydrogen) atoms. The van der Waals surface area contributed by atoms with Crippen LogP contribution in [0.4, 0.5) is 0 Å². The van der Waals surface area contributed by atoms with Crippen molar-refractivity contribution in [1.29, 1.82) is 0 Å². The van der Waals surface area contributed by atoms with Crippen LogP contribution in [0.25, 0.3) is 0 Å². The minimum absolute atomic E-state index is 0.0346. The van der Waals surface area contributed by atoms with E-state index in [0.717, 1.165) is 18.3 Å². The number of aldehydes is 1. The van der Waals surface area contributed by atoms with Gasteiger partial charge < -0.3 is 19.0 Å². The molecule has 6 heteroatoms. The summed E-state index contributed by atoms with van der Waals surface area (Å²) in [5.74, 6) is -0.761. The summed E-state index contributed by atoms with van der Waals surface area (Å²) >= 11 is 0. The lowest BCUT2D eigenvalue weighted by molar-refractivity contribution is -0.149. The zero-order valence-corrected chi connectivity index (χ0v) is 14.6. The van der Waals surface area contributed by atoms with Crippen molar-refractivity contribution in [2.45, 2.75) is 50.9 Å². The molecular weight excluding hydrogens is 324 g/mol. The number of carbonyl (C=O) groups excluding carboxylic acids is 3. The first-order valence-corrected chi connectivity index (χ1v) is 8.77. The van der Waals surface area contributed by atoms with Crippen molar-refractivity contribution in [3.8, 4) is 0 Å². The highest BCUT2D eigenvalue weighted by Gasteiger charge is 2.56. The second-order valence-electron chi connectivity index (χ2n) is 6.90. The highest BCUT2D eigenvalue weighted by atomic mass is 16.6. The molecule has 0 aromatic heterocycles. The Bertz CT molecular complexity index is 607. The minimum atomic E-state index is -0.395. The van der Waals surface area contributed by atoms with Crippen LogP contribution in [0.1, 0.15) is 32.6 Å². The Hall–Kier alpha value is -1.95. The predicted octanol–water partition coefficient (Wildman–Crippen LogP) is 1.98. The number of allylic oxidation sites excluding steroid dienone is 2. The molecule has 0 radical (unpaired) electrons. The van der Waals surface area contributed by atoms with E-state index in [9.17, 15) is 14.4 Å². The molecule has 3 aliphatic rings. The van der Waals surface area contributed by atoms with Crippen molar-refractivity contribution < 1.29 is 28.6 Å². The highest BCUT2D eigenvalue weighted by molar-refractivity contribution is 5.69. The maximum Gasteiger partial charge on any atom is 0.305 e. The molecule has 3 unspecified atom stereocenters.